The molecule has 1 atom stereocenters. The zero-order chi connectivity index (χ0) is 11.5. The van der Waals surface area contributed by atoms with Gasteiger partial charge in [0.25, 0.3) is 0 Å². The van der Waals surface area contributed by atoms with Crippen molar-refractivity contribution in [2.45, 2.75) is 13.0 Å². The number of rotatable bonds is 3. The first-order chi connectivity index (χ1) is 7.72. The average Bonchev–Trinajstić information content (AvgIpc) is 2.69. The summed E-state index contributed by atoms with van der Waals surface area (Å²) >= 11 is 1.69. The lowest BCUT2D eigenvalue weighted by Gasteiger charge is -2.15. The van der Waals surface area contributed by atoms with E-state index in [9.17, 15) is 4.39 Å². The van der Waals surface area contributed by atoms with E-state index in [-0.39, 0.29) is 11.9 Å². The van der Waals surface area contributed by atoms with Gasteiger partial charge in [-0.1, -0.05) is 0 Å². The molecule has 2 aromatic rings. The summed E-state index contributed by atoms with van der Waals surface area (Å²) in [6.07, 6.45) is 1.25. The molecule has 2 aromatic heterocycles. The first-order valence-electron chi connectivity index (χ1n) is 5.05. The fourth-order valence-corrected chi connectivity index (χ4v) is 2.70. The van der Waals surface area contributed by atoms with Gasteiger partial charge in [0.15, 0.2) is 0 Å². The summed E-state index contributed by atoms with van der Waals surface area (Å²) in [5, 5.41) is 5.26. The Morgan fingerprint density at radius 2 is 2.19 bits per heavy atom. The van der Waals surface area contributed by atoms with Gasteiger partial charge in [-0.25, -0.2) is 4.39 Å². The molecule has 0 aromatic carbocycles. The molecule has 0 aliphatic heterocycles. The Labute approximate surface area is 98.2 Å². The van der Waals surface area contributed by atoms with Crippen molar-refractivity contribution in [1.82, 2.24) is 10.3 Å². The van der Waals surface area contributed by atoms with Gasteiger partial charge in [-0.2, -0.15) is 0 Å². The number of aryl methyl sites for hydroxylation is 1. The summed E-state index contributed by atoms with van der Waals surface area (Å²) in [5.74, 6) is -0.304. The normalized spacial score (nSPS) is 12.7. The first kappa shape index (κ1) is 11.2. The summed E-state index contributed by atoms with van der Waals surface area (Å²) in [6.45, 7) is 2.07. The predicted octanol–water partition coefficient (Wildman–Crippen LogP) is 2.90. The van der Waals surface area contributed by atoms with Crippen LogP contribution in [0.2, 0.25) is 0 Å². The van der Waals surface area contributed by atoms with Crippen molar-refractivity contribution in [1.29, 1.82) is 0 Å². The maximum atomic E-state index is 12.8. The molecule has 0 saturated carbocycles. The van der Waals surface area contributed by atoms with Gasteiger partial charge >= 0.3 is 0 Å². The van der Waals surface area contributed by atoms with E-state index >= 15 is 0 Å². The second kappa shape index (κ2) is 4.72. The topological polar surface area (TPSA) is 24.9 Å². The van der Waals surface area contributed by atoms with Crippen LogP contribution in [0, 0.1) is 12.7 Å². The van der Waals surface area contributed by atoms with Crippen LogP contribution in [0.25, 0.3) is 0 Å². The molecule has 1 unspecified atom stereocenters. The van der Waals surface area contributed by atoms with Crippen LogP contribution in [0.5, 0.6) is 0 Å². The molecule has 0 aliphatic carbocycles. The quantitative estimate of drug-likeness (QED) is 0.886. The van der Waals surface area contributed by atoms with Crippen LogP contribution in [-0.2, 0) is 0 Å². The Morgan fingerprint density at radius 3 is 2.69 bits per heavy atom. The largest absolute Gasteiger partial charge is 0.307 e. The SMILES string of the molecule is CNC(c1ccc(F)cn1)c1sccc1C. The summed E-state index contributed by atoms with van der Waals surface area (Å²) in [5.41, 5.74) is 2.07. The summed E-state index contributed by atoms with van der Waals surface area (Å²) in [7, 11) is 1.88. The Kier molecular flexibility index (Phi) is 3.31. The average molecular weight is 236 g/mol. The third kappa shape index (κ3) is 2.13. The highest BCUT2D eigenvalue weighted by Crippen LogP contribution is 2.27. The highest BCUT2D eigenvalue weighted by Gasteiger charge is 2.16. The number of halogens is 1. The molecule has 2 heterocycles. The van der Waals surface area contributed by atoms with E-state index in [0.717, 1.165) is 5.69 Å². The minimum atomic E-state index is -0.304. The minimum Gasteiger partial charge on any atom is -0.307 e. The van der Waals surface area contributed by atoms with Gasteiger partial charge in [-0.05, 0) is 43.1 Å². The number of hydrogen-bond donors (Lipinski definition) is 1. The molecule has 2 nitrogen and oxygen atoms in total. The van der Waals surface area contributed by atoms with Crippen LogP contribution in [0.4, 0.5) is 4.39 Å². The van der Waals surface area contributed by atoms with Crippen molar-refractivity contribution >= 4 is 11.3 Å². The van der Waals surface area contributed by atoms with Crippen LogP contribution in [0.1, 0.15) is 22.2 Å². The molecule has 1 N–H and O–H groups in total. The van der Waals surface area contributed by atoms with Crippen LogP contribution in [0.15, 0.2) is 29.8 Å². The third-order valence-corrected chi connectivity index (χ3v) is 3.58. The van der Waals surface area contributed by atoms with Gasteiger partial charge in [0.2, 0.25) is 0 Å². The second-order valence-electron chi connectivity index (χ2n) is 3.59. The van der Waals surface area contributed by atoms with Gasteiger partial charge in [0.1, 0.15) is 5.82 Å². The van der Waals surface area contributed by atoms with Crippen LogP contribution >= 0.6 is 11.3 Å². The number of nitrogens with one attached hydrogen (secondary N) is 1. The van der Waals surface area contributed by atoms with E-state index in [4.69, 9.17) is 0 Å². The lowest BCUT2D eigenvalue weighted by molar-refractivity contribution is 0.611. The van der Waals surface area contributed by atoms with Gasteiger partial charge < -0.3 is 5.32 Å². The Balaban J connectivity index is 2.37. The minimum absolute atomic E-state index is 0.0422. The third-order valence-electron chi connectivity index (χ3n) is 2.50. The van der Waals surface area contributed by atoms with E-state index in [1.54, 1.807) is 17.4 Å². The first-order valence-corrected chi connectivity index (χ1v) is 5.93. The Bertz CT molecular complexity index is 464. The molecule has 2 rings (SSSR count). The summed E-state index contributed by atoms with van der Waals surface area (Å²) in [6, 6.07) is 5.28. The fourth-order valence-electron chi connectivity index (χ4n) is 1.65. The molecule has 0 spiro atoms. The van der Waals surface area contributed by atoms with E-state index in [1.165, 1.54) is 22.7 Å². The summed E-state index contributed by atoms with van der Waals surface area (Å²) < 4.78 is 12.8. The smallest absolute Gasteiger partial charge is 0.141 e. The molecule has 0 bridgehead atoms. The van der Waals surface area contributed by atoms with E-state index < -0.39 is 0 Å². The van der Waals surface area contributed by atoms with E-state index in [2.05, 4.69) is 28.7 Å². The maximum absolute atomic E-state index is 12.8. The lowest BCUT2D eigenvalue weighted by atomic mass is 10.1. The van der Waals surface area contributed by atoms with Crippen molar-refractivity contribution in [3.63, 3.8) is 0 Å². The highest BCUT2D eigenvalue weighted by atomic mass is 32.1. The van der Waals surface area contributed by atoms with Crippen molar-refractivity contribution in [3.05, 3.63) is 51.7 Å². The number of hydrogen-bond acceptors (Lipinski definition) is 3. The van der Waals surface area contributed by atoms with Crippen molar-refractivity contribution in [3.8, 4) is 0 Å². The number of thiophene rings is 1. The van der Waals surface area contributed by atoms with Crippen molar-refractivity contribution in [2.24, 2.45) is 0 Å². The molecule has 0 radical (unpaired) electrons. The Hall–Kier alpha value is -1.26. The molecule has 0 fully saturated rings. The number of aromatic nitrogens is 1. The molecule has 4 heteroatoms. The highest BCUT2D eigenvalue weighted by molar-refractivity contribution is 7.10. The fraction of sp³-hybridized carbons (Fsp3) is 0.250. The molecule has 84 valence electrons. The molecular formula is C12H13FN2S. The van der Waals surface area contributed by atoms with E-state index in [0.29, 0.717) is 0 Å². The zero-order valence-corrected chi connectivity index (χ0v) is 10.0. The Morgan fingerprint density at radius 1 is 1.38 bits per heavy atom. The molecule has 0 aliphatic rings. The second-order valence-corrected chi connectivity index (χ2v) is 4.54. The molecule has 0 amide bonds. The molecule has 16 heavy (non-hydrogen) atoms. The van der Waals surface area contributed by atoms with Gasteiger partial charge in [0, 0.05) is 4.88 Å². The summed E-state index contributed by atoms with van der Waals surface area (Å²) in [4.78, 5) is 5.34. The van der Waals surface area contributed by atoms with Crippen LogP contribution < -0.4 is 5.32 Å². The molecular weight excluding hydrogens is 223 g/mol. The van der Waals surface area contributed by atoms with Crippen LogP contribution in [0.3, 0.4) is 0 Å². The standard InChI is InChI=1S/C12H13FN2S/c1-8-5-6-16-12(8)11(14-2)10-4-3-9(13)7-15-10/h3-7,11,14H,1-2H3. The van der Waals surface area contributed by atoms with Gasteiger partial charge in [-0.15, -0.1) is 11.3 Å². The maximum Gasteiger partial charge on any atom is 0.141 e. The predicted molar refractivity (Wildman–Crippen MR) is 64.2 cm³/mol. The van der Waals surface area contributed by atoms with Gasteiger partial charge in [0.05, 0.1) is 17.9 Å². The molecule has 0 saturated heterocycles. The number of nitrogens with zero attached hydrogens (tertiary/aromatic N) is 1. The van der Waals surface area contributed by atoms with Crippen LogP contribution in [-0.4, -0.2) is 12.0 Å². The zero-order valence-electron chi connectivity index (χ0n) is 9.20. The number of pyridine rings is 1. The van der Waals surface area contributed by atoms with Crippen molar-refractivity contribution in [2.75, 3.05) is 7.05 Å². The van der Waals surface area contributed by atoms with Gasteiger partial charge in [-0.3, -0.25) is 4.98 Å². The lowest BCUT2D eigenvalue weighted by Crippen LogP contribution is -2.18. The monoisotopic (exact) mass is 236 g/mol. The van der Waals surface area contributed by atoms with E-state index in [1.807, 2.05) is 7.05 Å². The van der Waals surface area contributed by atoms with Crippen molar-refractivity contribution < 1.29 is 4.39 Å².